The first-order valence-corrected chi connectivity index (χ1v) is 7.61. The number of amidine groups is 1. The fourth-order valence-corrected chi connectivity index (χ4v) is 3.74. The molecule has 6 heteroatoms. The number of oxime groups is 1. The van der Waals surface area contributed by atoms with Crippen molar-refractivity contribution in [1.29, 1.82) is 0 Å². The summed E-state index contributed by atoms with van der Waals surface area (Å²) in [6.07, 6.45) is 0. The molecule has 0 bridgehead atoms. The molecule has 1 aromatic rings. The average Bonchev–Trinajstić information content (AvgIpc) is 2.33. The van der Waals surface area contributed by atoms with Crippen LogP contribution in [0.3, 0.4) is 0 Å². The summed E-state index contributed by atoms with van der Waals surface area (Å²) in [5.74, 6) is 1.13. The van der Waals surface area contributed by atoms with E-state index in [1.807, 2.05) is 18.2 Å². The van der Waals surface area contributed by atoms with Crippen molar-refractivity contribution in [1.82, 2.24) is 0 Å². The number of rotatable bonds is 5. The van der Waals surface area contributed by atoms with Crippen molar-refractivity contribution in [3.05, 3.63) is 23.8 Å². The number of benzene rings is 1. The van der Waals surface area contributed by atoms with E-state index in [2.05, 4.69) is 12.1 Å². The van der Waals surface area contributed by atoms with Crippen molar-refractivity contribution in [3.8, 4) is 0 Å². The zero-order valence-electron chi connectivity index (χ0n) is 10.1. The molecule has 4 nitrogen and oxygen atoms in total. The van der Waals surface area contributed by atoms with Gasteiger partial charge in [0.25, 0.3) is 0 Å². The van der Waals surface area contributed by atoms with Gasteiger partial charge in [0, 0.05) is 15.4 Å². The van der Waals surface area contributed by atoms with Crippen LogP contribution in [-0.2, 0) is 4.74 Å². The number of ether oxygens (including phenoxy) is 1. The number of nitrogens with two attached hydrogens (primary N) is 1. The van der Waals surface area contributed by atoms with E-state index in [9.17, 15) is 0 Å². The lowest BCUT2D eigenvalue weighted by Crippen LogP contribution is -2.30. The predicted molar refractivity (Wildman–Crippen MR) is 75.8 cm³/mol. The molecule has 0 atom stereocenters. The van der Waals surface area contributed by atoms with Gasteiger partial charge < -0.3 is 15.7 Å². The van der Waals surface area contributed by atoms with Gasteiger partial charge in [-0.3, -0.25) is 0 Å². The van der Waals surface area contributed by atoms with Gasteiger partial charge in [0.1, 0.15) is 0 Å². The highest BCUT2D eigenvalue weighted by molar-refractivity contribution is 8.00. The van der Waals surface area contributed by atoms with Crippen molar-refractivity contribution in [2.45, 2.75) is 22.0 Å². The van der Waals surface area contributed by atoms with Gasteiger partial charge in [0.15, 0.2) is 5.84 Å². The van der Waals surface area contributed by atoms with E-state index in [0.717, 1.165) is 34.3 Å². The summed E-state index contributed by atoms with van der Waals surface area (Å²) in [4.78, 5) is 2.11. The third-order valence-corrected chi connectivity index (χ3v) is 4.69. The SMILES string of the molecule is CCSc1cccc(SC2COC2)c1/C(N)=N/O. The van der Waals surface area contributed by atoms with Crippen molar-refractivity contribution in [2.24, 2.45) is 10.9 Å². The lowest BCUT2D eigenvalue weighted by molar-refractivity contribution is 0.0455. The molecule has 1 aromatic carbocycles. The second-order valence-corrected chi connectivity index (χ2v) is 6.47. The molecule has 2 rings (SSSR count). The highest BCUT2D eigenvalue weighted by atomic mass is 32.2. The van der Waals surface area contributed by atoms with Crippen LogP contribution in [0, 0.1) is 0 Å². The maximum absolute atomic E-state index is 8.93. The Balaban J connectivity index is 2.33. The van der Waals surface area contributed by atoms with Crippen LogP contribution in [0.15, 0.2) is 33.1 Å². The van der Waals surface area contributed by atoms with Crippen molar-refractivity contribution >= 4 is 29.4 Å². The third kappa shape index (κ3) is 2.93. The van der Waals surface area contributed by atoms with Crippen molar-refractivity contribution in [2.75, 3.05) is 19.0 Å². The minimum absolute atomic E-state index is 0.175. The van der Waals surface area contributed by atoms with Crippen LogP contribution in [0.25, 0.3) is 0 Å². The van der Waals surface area contributed by atoms with Crippen LogP contribution in [0.1, 0.15) is 12.5 Å². The molecule has 0 saturated carbocycles. The smallest absolute Gasteiger partial charge is 0.172 e. The van der Waals surface area contributed by atoms with Gasteiger partial charge in [-0.2, -0.15) is 0 Å². The Hall–Kier alpha value is -0.850. The summed E-state index contributed by atoms with van der Waals surface area (Å²) in [5.41, 5.74) is 6.64. The molecule has 18 heavy (non-hydrogen) atoms. The minimum Gasteiger partial charge on any atom is -0.409 e. The Morgan fingerprint density at radius 3 is 2.78 bits per heavy atom. The highest BCUT2D eigenvalue weighted by Crippen LogP contribution is 2.35. The summed E-state index contributed by atoms with van der Waals surface area (Å²) >= 11 is 3.43. The fraction of sp³-hybridized carbons (Fsp3) is 0.417. The number of hydrogen-bond donors (Lipinski definition) is 2. The van der Waals surface area contributed by atoms with Gasteiger partial charge in [-0.25, -0.2) is 0 Å². The van der Waals surface area contributed by atoms with E-state index in [1.165, 1.54) is 0 Å². The Kier molecular flexibility index (Phi) is 4.79. The van der Waals surface area contributed by atoms with Crippen LogP contribution in [0.4, 0.5) is 0 Å². The lowest BCUT2D eigenvalue weighted by Gasteiger charge is -2.26. The van der Waals surface area contributed by atoms with E-state index >= 15 is 0 Å². The molecule has 0 radical (unpaired) electrons. The van der Waals surface area contributed by atoms with Crippen LogP contribution in [0.5, 0.6) is 0 Å². The van der Waals surface area contributed by atoms with Gasteiger partial charge in [0.05, 0.1) is 18.5 Å². The van der Waals surface area contributed by atoms with Gasteiger partial charge in [0.2, 0.25) is 0 Å². The average molecular weight is 284 g/mol. The second kappa shape index (κ2) is 6.36. The summed E-state index contributed by atoms with van der Waals surface area (Å²) in [7, 11) is 0. The van der Waals surface area contributed by atoms with Gasteiger partial charge in [-0.1, -0.05) is 18.1 Å². The quantitative estimate of drug-likeness (QED) is 0.286. The predicted octanol–water partition coefficient (Wildman–Crippen LogP) is 2.38. The maximum Gasteiger partial charge on any atom is 0.172 e. The zero-order valence-corrected chi connectivity index (χ0v) is 11.8. The number of thioether (sulfide) groups is 2. The van der Waals surface area contributed by atoms with E-state index in [0.29, 0.717) is 5.25 Å². The van der Waals surface area contributed by atoms with Crippen LogP contribution >= 0.6 is 23.5 Å². The van der Waals surface area contributed by atoms with Gasteiger partial charge in [-0.15, -0.1) is 23.5 Å². The van der Waals surface area contributed by atoms with Crippen LogP contribution in [0.2, 0.25) is 0 Å². The molecule has 1 aliphatic rings. The molecule has 98 valence electrons. The molecule has 1 heterocycles. The normalized spacial score (nSPS) is 16.6. The molecule has 3 N–H and O–H groups in total. The van der Waals surface area contributed by atoms with Crippen LogP contribution < -0.4 is 5.73 Å². The van der Waals surface area contributed by atoms with Gasteiger partial charge >= 0.3 is 0 Å². The minimum atomic E-state index is 0.175. The van der Waals surface area contributed by atoms with E-state index in [-0.39, 0.29) is 5.84 Å². The van der Waals surface area contributed by atoms with E-state index < -0.39 is 0 Å². The molecule has 1 fully saturated rings. The molecule has 1 saturated heterocycles. The first-order valence-electron chi connectivity index (χ1n) is 5.74. The molecule has 0 aliphatic carbocycles. The fourth-order valence-electron chi connectivity index (χ4n) is 1.65. The molecule has 0 amide bonds. The highest BCUT2D eigenvalue weighted by Gasteiger charge is 2.22. The summed E-state index contributed by atoms with van der Waals surface area (Å²) in [6.45, 7) is 3.62. The largest absolute Gasteiger partial charge is 0.409 e. The third-order valence-electron chi connectivity index (χ3n) is 2.55. The molecule has 0 unspecified atom stereocenters. The molecular weight excluding hydrogens is 268 g/mol. The number of hydrogen-bond acceptors (Lipinski definition) is 5. The molecule has 1 aliphatic heterocycles. The summed E-state index contributed by atoms with van der Waals surface area (Å²) in [5, 5.41) is 12.5. The molecular formula is C12H16N2O2S2. The first-order chi connectivity index (χ1) is 8.76. The first kappa shape index (κ1) is 13.6. The monoisotopic (exact) mass is 284 g/mol. The summed E-state index contributed by atoms with van der Waals surface area (Å²) in [6, 6.07) is 6.02. The number of nitrogens with zero attached hydrogens (tertiary/aromatic N) is 1. The maximum atomic E-state index is 8.93. The Bertz CT molecular complexity index is 448. The zero-order chi connectivity index (χ0) is 13.0. The van der Waals surface area contributed by atoms with Crippen LogP contribution in [-0.4, -0.2) is 35.3 Å². The van der Waals surface area contributed by atoms with E-state index in [4.69, 9.17) is 15.7 Å². The standard InChI is InChI=1S/C12H16N2O2S2/c1-2-17-9-4-3-5-10(11(9)12(13)14-15)18-8-6-16-7-8/h3-5,8,15H,2,6-7H2,1H3,(H2,13,14). The van der Waals surface area contributed by atoms with Crippen molar-refractivity contribution in [3.63, 3.8) is 0 Å². The summed E-state index contributed by atoms with van der Waals surface area (Å²) < 4.78 is 5.17. The van der Waals surface area contributed by atoms with Crippen molar-refractivity contribution < 1.29 is 9.94 Å². The lowest BCUT2D eigenvalue weighted by atomic mass is 10.2. The second-order valence-electron chi connectivity index (χ2n) is 3.82. The Morgan fingerprint density at radius 1 is 1.50 bits per heavy atom. The molecule has 0 aromatic heterocycles. The Labute approximate surface area is 115 Å². The molecule has 0 spiro atoms. The topological polar surface area (TPSA) is 67.8 Å². The van der Waals surface area contributed by atoms with E-state index in [1.54, 1.807) is 23.5 Å². The Morgan fingerprint density at radius 2 is 2.22 bits per heavy atom. The van der Waals surface area contributed by atoms with Gasteiger partial charge in [-0.05, 0) is 17.9 Å².